The molecular formula is C13H20N2O3S. The Bertz CT molecular complexity index is 402. The monoisotopic (exact) mass is 284 g/mol. The predicted octanol–water partition coefficient (Wildman–Crippen LogP) is 2.23. The van der Waals surface area contributed by atoms with Crippen LogP contribution < -0.4 is 5.32 Å². The van der Waals surface area contributed by atoms with Crippen molar-refractivity contribution < 1.29 is 14.3 Å². The zero-order valence-corrected chi connectivity index (χ0v) is 12.0. The van der Waals surface area contributed by atoms with Gasteiger partial charge in [-0.25, -0.2) is 4.98 Å². The molecule has 1 unspecified atom stereocenters. The highest BCUT2D eigenvalue weighted by molar-refractivity contribution is 7.13. The summed E-state index contributed by atoms with van der Waals surface area (Å²) in [6.07, 6.45) is 3.25. The molecule has 1 fully saturated rings. The van der Waals surface area contributed by atoms with Gasteiger partial charge in [-0.05, 0) is 19.8 Å². The molecule has 1 aromatic heterocycles. The average molecular weight is 284 g/mol. The Kier molecular flexibility index (Phi) is 5.60. The summed E-state index contributed by atoms with van der Waals surface area (Å²) in [5, 5.41) is 6.28. The Morgan fingerprint density at radius 3 is 3.32 bits per heavy atom. The molecule has 5 nitrogen and oxygen atoms in total. The SMILES string of the molecule is CCOC(=O)CCc1csc(NC2CCCOC2)n1. The second-order valence-electron chi connectivity index (χ2n) is 4.51. The molecule has 0 amide bonds. The lowest BCUT2D eigenvalue weighted by Gasteiger charge is -2.22. The summed E-state index contributed by atoms with van der Waals surface area (Å²) in [5.41, 5.74) is 0.942. The number of carbonyl (C=O) groups is 1. The van der Waals surface area contributed by atoms with Crippen LogP contribution in [0.2, 0.25) is 0 Å². The topological polar surface area (TPSA) is 60.5 Å². The Hall–Kier alpha value is -1.14. The van der Waals surface area contributed by atoms with E-state index in [-0.39, 0.29) is 5.97 Å². The van der Waals surface area contributed by atoms with Gasteiger partial charge in [0.1, 0.15) is 0 Å². The molecule has 19 heavy (non-hydrogen) atoms. The van der Waals surface area contributed by atoms with Crippen LogP contribution in [0.3, 0.4) is 0 Å². The molecular weight excluding hydrogens is 264 g/mol. The van der Waals surface area contributed by atoms with E-state index in [1.165, 1.54) is 0 Å². The first-order valence-corrected chi connectivity index (χ1v) is 7.60. The van der Waals surface area contributed by atoms with Gasteiger partial charge in [-0.3, -0.25) is 4.79 Å². The molecule has 0 aromatic carbocycles. The highest BCUT2D eigenvalue weighted by Crippen LogP contribution is 2.20. The first kappa shape index (κ1) is 14.3. The van der Waals surface area contributed by atoms with Crippen molar-refractivity contribution in [3.05, 3.63) is 11.1 Å². The van der Waals surface area contributed by atoms with Crippen LogP contribution >= 0.6 is 11.3 Å². The summed E-state index contributed by atoms with van der Waals surface area (Å²) in [6.45, 7) is 3.86. The predicted molar refractivity (Wildman–Crippen MR) is 74.5 cm³/mol. The number of anilines is 1. The van der Waals surface area contributed by atoms with Crippen molar-refractivity contribution in [1.82, 2.24) is 4.98 Å². The average Bonchev–Trinajstić information content (AvgIpc) is 2.86. The highest BCUT2D eigenvalue weighted by atomic mass is 32.1. The van der Waals surface area contributed by atoms with Crippen molar-refractivity contribution in [1.29, 1.82) is 0 Å². The summed E-state index contributed by atoms with van der Waals surface area (Å²) in [7, 11) is 0. The fourth-order valence-electron chi connectivity index (χ4n) is 1.98. The quantitative estimate of drug-likeness (QED) is 0.812. The van der Waals surface area contributed by atoms with Crippen molar-refractivity contribution >= 4 is 22.4 Å². The number of hydrogen-bond donors (Lipinski definition) is 1. The molecule has 106 valence electrons. The van der Waals surface area contributed by atoms with E-state index in [2.05, 4.69) is 10.3 Å². The van der Waals surface area contributed by atoms with Crippen molar-refractivity contribution in [2.24, 2.45) is 0 Å². The van der Waals surface area contributed by atoms with Crippen LogP contribution in [0.1, 0.15) is 31.9 Å². The van der Waals surface area contributed by atoms with Gasteiger partial charge in [0.2, 0.25) is 0 Å². The van der Waals surface area contributed by atoms with E-state index < -0.39 is 0 Å². The van der Waals surface area contributed by atoms with Crippen LogP contribution in [-0.2, 0) is 20.7 Å². The summed E-state index contributed by atoms with van der Waals surface area (Å²) in [6, 6.07) is 0.359. The van der Waals surface area contributed by atoms with Gasteiger partial charge in [-0.15, -0.1) is 11.3 Å². The minimum atomic E-state index is -0.161. The van der Waals surface area contributed by atoms with Crippen LogP contribution in [0.4, 0.5) is 5.13 Å². The molecule has 1 N–H and O–H groups in total. The maximum atomic E-state index is 11.3. The van der Waals surface area contributed by atoms with E-state index in [0.717, 1.165) is 36.9 Å². The fraction of sp³-hybridized carbons (Fsp3) is 0.692. The zero-order valence-electron chi connectivity index (χ0n) is 11.2. The Morgan fingerprint density at radius 2 is 2.58 bits per heavy atom. The molecule has 0 bridgehead atoms. The smallest absolute Gasteiger partial charge is 0.306 e. The number of thiazole rings is 1. The number of esters is 1. The van der Waals surface area contributed by atoms with Gasteiger partial charge in [-0.1, -0.05) is 0 Å². The lowest BCUT2D eigenvalue weighted by Crippen LogP contribution is -2.29. The van der Waals surface area contributed by atoms with Crippen molar-refractivity contribution in [2.75, 3.05) is 25.1 Å². The third-order valence-electron chi connectivity index (χ3n) is 2.93. The molecule has 0 spiro atoms. The molecule has 0 saturated carbocycles. The molecule has 1 aliphatic rings. The van der Waals surface area contributed by atoms with Gasteiger partial charge in [0, 0.05) is 18.4 Å². The number of nitrogens with one attached hydrogen (secondary N) is 1. The van der Waals surface area contributed by atoms with Gasteiger partial charge in [0.15, 0.2) is 5.13 Å². The van der Waals surface area contributed by atoms with Gasteiger partial charge in [-0.2, -0.15) is 0 Å². The van der Waals surface area contributed by atoms with Gasteiger partial charge < -0.3 is 14.8 Å². The van der Waals surface area contributed by atoms with Crippen LogP contribution in [0.15, 0.2) is 5.38 Å². The largest absolute Gasteiger partial charge is 0.466 e. The van der Waals surface area contributed by atoms with Gasteiger partial charge >= 0.3 is 5.97 Å². The van der Waals surface area contributed by atoms with Crippen molar-refractivity contribution in [3.63, 3.8) is 0 Å². The van der Waals surface area contributed by atoms with E-state index >= 15 is 0 Å². The third kappa shape index (κ3) is 4.80. The molecule has 1 atom stereocenters. The maximum Gasteiger partial charge on any atom is 0.306 e. The van der Waals surface area contributed by atoms with Crippen molar-refractivity contribution in [3.8, 4) is 0 Å². The Balaban J connectivity index is 1.76. The number of hydrogen-bond acceptors (Lipinski definition) is 6. The molecule has 1 saturated heterocycles. The fourth-order valence-corrected chi connectivity index (χ4v) is 2.80. The van der Waals surface area contributed by atoms with Crippen LogP contribution in [0.5, 0.6) is 0 Å². The first-order chi connectivity index (χ1) is 9.28. The van der Waals surface area contributed by atoms with Crippen LogP contribution in [-0.4, -0.2) is 36.8 Å². The van der Waals surface area contributed by atoms with E-state index in [9.17, 15) is 4.79 Å². The van der Waals surface area contributed by atoms with E-state index in [1.807, 2.05) is 12.3 Å². The van der Waals surface area contributed by atoms with Crippen molar-refractivity contribution in [2.45, 2.75) is 38.6 Å². The number of rotatable bonds is 6. The lowest BCUT2D eigenvalue weighted by atomic mass is 10.1. The van der Waals surface area contributed by atoms with Gasteiger partial charge in [0.25, 0.3) is 0 Å². The molecule has 0 radical (unpaired) electrons. The van der Waals surface area contributed by atoms with E-state index in [0.29, 0.717) is 25.5 Å². The van der Waals surface area contributed by atoms with Crippen LogP contribution in [0, 0.1) is 0 Å². The number of aromatic nitrogens is 1. The Morgan fingerprint density at radius 1 is 1.68 bits per heavy atom. The highest BCUT2D eigenvalue weighted by Gasteiger charge is 2.15. The summed E-state index contributed by atoms with van der Waals surface area (Å²) >= 11 is 1.58. The number of nitrogens with zero attached hydrogens (tertiary/aromatic N) is 1. The summed E-state index contributed by atoms with van der Waals surface area (Å²) in [4.78, 5) is 15.7. The number of carbonyl (C=O) groups excluding carboxylic acids is 1. The zero-order chi connectivity index (χ0) is 13.5. The Labute approximate surface area is 117 Å². The minimum Gasteiger partial charge on any atom is -0.466 e. The second kappa shape index (κ2) is 7.45. The third-order valence-corrected chi connectivity index (χ3v) is 3.75. The van der Waals surface area contributed by atoms with E-state index in [1.54, 1.807) is 11.3 Å². The minimum absolute atomic E-state index is 0.161. The summed E-state index contributed by atoms with van der Waals surface area (Å²) < 4.78 is 10.3. The molecule has 2 heterocycles. The molecule has 6 heteroatoms. The van der Waals surface area contributed by atoms with Crippen LogP contribution in [0.25, 0.3) is 0 Å². The standard InChI is InChI=1S/C13H20N2O3S/c1-2-18-12(16)6-5-11-9-19-13(15-11)14-10-4-3-7-17-8-10/h9-10H,2-8H2,1H3,(H,14,15). The molecule has 1 aliphatic heterocycles. The number of aryl methyl sites for hydroxylation is 1. The van der Waals surface area contributed by atoms with E-state index in [4.69, 9.17) is 9.47 Å². The second-order valence-corrected chi connectivity index (χ2v) is 5.37. The lowest BCUT2D eigenvalue weighted by molar-refractivity contribution is -0.143. The maximum absolute atomic E-state index is 11.3. The molecule has 2 rings (SSSR count). The summed E-state index contributed by atoms with van der Waals surface area (Å²) in [5.74, 6) is -0.161. The first-order valence-electron chi connectivity index (χ1n) is 6.72. The molecule has 0 aliphatic carbocycles. The normalized spacial score (nSPS) is 19.1. The number of ether oxygens (including phenoxy) is 2. The molecule has 1 aromatic rings. The van der Waals surface area contributed by atoms with Gasteiger partial charge in [0.05, 0.1) is 31.4 Å².